The van der Waals surface area contributed by atoms with Crippen molar-refractivity contribution < 1.29 is 51.8 Å². The molecule has 12 nitrogen and oxygen atoms in total. The van der Waals surface area contributed by atoms with Gasteiger partial charge in [-0.05, 0) is 38.5 Å². The van der Waals surface area contributed by atoms with Gasteiger partial charge in [0.15, 0.2) is 6.29 Å². The van der Waals surface area contributed by atoms with Crippen molar-refractivity contribution in [2.45, 2.75) is 301 Å². The van der Waals surface area contributed by atoms with Gasteiger partial charge in [0, 0.05) is 6.42 Å². The van der Waals surface area contributed by atoms with E-state index in [4.69, 9.17) is 9.47 Å². The topological polar surface area (TPSA) is 192 Å². The smallest absolute Gasteiger partial charge is 0.394 e. The number of carbonyl (C=O) groups is 1. The lowest BCUT2D eigenvalue weighted by molar-refractivity contribution is -0.298. The monoisotopic (exact) mass is 948 g/mol. The molecule has 1 rings (SSSR count). The number of nitrogens with one attached hydrogen (secondary N) is 1. The van der Waals surface area contributed by atoms with Crippen LogP contribution < -0.4 is 5.32 Å². The normalized spacial score (nSPS) is 20.1. The van der Waals surface area contributed by atoms with Crippen LogP contribution in [-0.4, -0.2) is 95.4 Å². The van der Waals surface area contributed by atoms with Crippen LogP contribution in [0.1, 0.15) is 258 Å². The molecule has 1 saturated heterocycles. The van der Waals surface area contributed by atoms with Gasteiger partial charge in [0.05, 0.1) is 25.4 Å². The van der Waals surface area contributed by atoms with Gasteiger partial charge >= 0.3 is 10.4 Å². The summed E-state index contributed by atoms with van der Waals surface area (Å²) in [5.41, 5.74) is 0. The molecule has 13 heteroatoms. The van der Waals surface area contributed by atoms with Gasteiger partial charge in [0.1, 0.15) is 24.4 Å². The van der Waals surface area contributed by atoms with E-state index >= 15 is 0 Å². The fraction of sp³-hybridized carbons (Fsp3) is 0.942. The van der Waals surface area contributed by atoms with Crippen LogP contribution in [0, 0.1) is 0 Å². The second-order valence-corrected chi connectivity index (χ2v) is 20.2. The molecule has 1 fully saturated rings. The van der Waals surface area contributed by atoms with Gasteiger partial charge < -0.3 is 35.2 Å². The van der Waals surface area contributed by atoms with Crippen molar-refractivity contribution in [2.24, 2.45) is 0 Å². The number of aliphatic hydroxyl groups is 4. The molecule has 7 unspecified atom stereocenters. The van der Waals surface area contributed by atoms with Crippen LogP contribution in [0.25, 0.3) is 0 Å². The van der Waals surface area contributed by atoms with Crippen LogP contribution in [0.4, 0.5) is 0 Å². The largest absolute Gasteiger partial charge is 0.397 e. The molecule has 1 heterocycles. The first-order valence-corrected chi connectivity index (χ1v) is 28.4. The molecule has 0 aromatic heterocycles. The Morgan fingerprint density at radius 2 is 0.985 bits per heavy atom. The van der Waals surface area contributed by atoms with Gasteiger partial charge in [0.2, 0.25) is 5.91 Å². The van der Waals surface area contributed by atoms with E-state index in [0.29, 0.717) is 12.8 Å². The molecule has 0 aromatic rings. The Morgan fingerprint density at radius 3 is 1.38 bits per heavy atom. The summed E-state index contributed by atoms with van der Waals surface area (Å²) in [5, 5.41) is 44.9. The van der Waals surface area contributed by atoms with Crippen LogP contribution in [0.5, 0.6) is 0 Å². The predicted molar refractivity (Wildman–Crippen MR) is 264 cm³/mol. The third kappa shape index (κ3) is 35.6. The number of unbranched alkanes of at least 4 members (excludes halogenated alkanes) is 33. The fourth-order valence-electron chi connectivity index (χ4n) is 8.87. The summed E-state index contributed by atoms with van der Waals surface area (Å²) in [5.74, 6) is -0.229. The Bertz CT molecular complexity index is 1210. The molecule has 0 bridgehead atoms. The molecular weight excluding hydrogens is 847 g/mol. The summed E-state index contributed by atoms with van der Waals surface area (Å²) in [6.07, 6.45) is 41.0. The van der Waals surface area contributed by atoms with E-state index in [0.717, 1.165) is 51.4 Å². The maximum Gasteiger partial charge on any atom is 0.397 e. The maximum absolute atomic E-state index is 13.1. The highest BCUT2D eigenvalue weighted by Crippen LogP contribution is 2.26. The van der Waals surface area contributed by atoms with Crippen LogP contribution in [-0.2, 0) is 28.9 Å². The minimum absolute atomic E-state index is 0.229. The van der Waals surface area contributed by atoms with Gasteiger partial charge in [-0.3, -0.25) is 9.35 Å². The Kier molecular flexibility index (Phi) is 40.8. The molecule has 1 amide bonds. The molecule has 0 saturated carbocycles. The van der Waals surface area contributed by atoms with Crippen molar-refractivity contribution in [2.75, 3.05) is 13.2 Å². The zero-order chi connectivity index (χ0) is 47.6. The van der Waals surface area contributed by atoms with Crippen molar-refractivity contribution in [1.82, 2.24) is 5.32 Å². The molecule has 0 aliphatic carbocycles. The highest BCUT2D eigenvalue weighted by atomic mass is 32.3. The summed E-state index contributed by atoms with van der Waals surface area (Å²) in [4.78, 5) is 13.1. The molecule has 0 spiro atoms. The molecule has 65 heavy (non-hydrogen) atoms. The molecule has 0 radical (unpaired) electrons. The van der Waals surface area contributed by atoms with E-state index in [1.54, 1.807) is 0 Å². The molecular formula is C52H101NO11S. The quantitative estimate of drug-likeness (QED) is 0.0193. The number of hydrogen-bond acceptors (Lipinski definition) is 10. The number of rotatable bonds is 47. The Balaban J connectivity index is 2.26. The fourth-order valence-corrected chi connectivity index (χ4v) is 9.38. The highest BCUT2D eigenvalue weighted by Gasteiger charge is 2.48. The first-order valence-electron chi connectivity index (χ1n) is 27.1. The minimum atomic E-state index is -5.07. The number of hydrogen-bond donors (Lipinski definition) is 6. The zero-order valence-corrected chi connectivity index (χ0v) is 42.4. The first kappa shape index (κ1) is 61.9. The molecule has 7 atom stereocenters. The van der Waals surface area contributed by atoms with Gasteiger partial charge in [0.25, 0.3) is 0 Å². The van der Waals surface area contributed by atoms with Crippen molar-refractivity contribution in [3.8, 4) is 0 Å². The maximum atomic E-state index is 13.1. The van der Waals surface area contributed by atoms with Gasteiger partial charge in [-0.2, -0.15) is 8.42 Å². The molecule has 6 N–H and O–H groups in total. The second-order valence-electron chi connectivity index (χ2n) is 19.2. The second kappa shape index (κ2) is 42.9. The number of ether oxygens (including phenoxy) is 2. The summed E-state index contributed by atoms with van der Waals surface area (Å²) >= 11 is 0. The zero-order valence-electron chi connectivity index (χ0n) is 41.6. The summed E-state index contributed by atoms with van der Waals surface area (Å²) in [6, 6.07) is -0.854. The first-order chi connectivity index (χ1) is 31.5. The van der Waals surface area contributed by atoms with Gasteiger partial charge in [-0.25, -0.2) is 4.18 Å². The average Bonchev–Trinajstić information content (AvgIpc) is 3.28. The van der Waals surface area contributed by atoms with E-state index in [-0.39, 0.29) is 12.5 Å². The molecule has 1 aliphatic heterocycles. The lowest BCUT2D eigenvalue weighted by atomic mass is 9.99. The number of amides is 1. The van der Waals surface area contributed by atoms with Crippen LogP contribution >= 0.6 is 0 Å². The molecule has 0 aromatic carbocycles. The van der Waals surface area contributed by atoms with E-state index in [2.05, 4.69) is 35.5 Å². The van der Waals surface area contributed by atoms with Gasteiger partial charge in [-0.1, -0.05) is 225 Å². The van der Waals surface area contributed by atoms with Crippen LogP contribution in [0.3, 0.4) is 0 Å². The lowest BCUT2D eigenvalue weighted by Crippen LogP contribution is -2.61. The summed E-state index contributed by atoms with van der Waals surface area (Å²) in [6.45, 7) is 3.45. The number of aliphatic hydroxyl groups excluding tert-OH is 4. The van der Waals surface area contributed by atoms with Crippen molar-refractivity contribution in [3.63, 3.8) is 0 Å². The Morgan fingerprint density at radius 1 is 0.600 bits per heavy atom. The minimum Gasteiger partial charge on any atom is -0.394 e. The van der Waals surface area contributed by atoms with Crippen molar-refractivity contribution in [1.29, 1.82) is 0 Å². The van der Waals surface area contributed by atoms with E-state index in [1.807, 2.05) is 0 Å². The lowest BCUT2D eigenvalue weighted by Gasteiger charge is -2.41. The van der Waals surface area contributed by atoms with Gasteiger partial charge in [-0.15, -0.1) is 0 Å². The van der Waals surface area contributed by atoms with E-state index in [1.165, 1.54) is 180 Å². The van der Waals surface area contributed by atoms with Crippen molar-refractivity contribution >= 4 is 16.3 Å². The third-order valence-electron chi connectivity index (χ3n) is 13.1. The third-order valence-corrected chi connectivity index (χ3v) is 13.5. The average molecular weight is 948 g/mol. The molecule has 1 aliphatic rings. The van der Waals surface area contributed by atoms with Crippen LogP contribution in [0.15, 0.2) is 12.2 Å². The number of allylic oxidation sites excluding steroid dienone is 2. The van der Waals surface area contributed by atoms with Crippen molar-refractivity contribution in [3.05, 3.63) is 12.2 Å². The Hall–Kier alpha value is -1.16. The van der Waals surface area contributed by atoms with E-state index in [9.17, 15) is 38.2 Å². The van der Waals surface area contributed by atoms with E-state index < -0.39 is 59.9 Å². The summed E-state index contributed by atoms with van der Waals surface area (Å²) in [7, 11) is -5.07. The number of carbonyl (C=O) groups excluding carboxylic acids is 1. The van der Waals surface area contributed by atoms with Crippen LogP contribution in [0.2, 0.25) is 0 Å². The Labute approximate surface area is 398 Å². The molecule has 386 valence electrons. The SMILES string of the molecule is CCCCCCCCCCCCCC/C=C\CCCCCCCCCCCCCCC(=O)NC(COC1OC(CO)C(O)C(OS(=O)(=O)O)C1O)C(O)CCCCCCCCCCCC. The standard InChI is InChI=1S/C52H101NO11S/c1-3-5-7-9-11-13-15-16-17-18-19-20-21-22-23-24-25-26-27-28-29-30-31-32-34-36-38-40-42-48(56)53-45(46(55)41-39-37-35-33-14-12-10-8-6-4-2)44-62-52-50(58)51(64-65(59,60)61)49(57)47(43-54)63-52/h22-23,45-47,49-52,54-55,57-58H,3-21,24-44H2,1-2H3,(H,53,56)(H,59,60,61)/b23-22-. The predicted octanol–water partition coefficient (Wildman–Crippen LogP) is 11.9. The highest BCUT2D eigenvalue weighted by molar-refractivity contribution is 7.80. The summed E-state index contributed by atoms with van der Waals surface area (Å²) < 4.78 is 47.7.